The van der Waals surface area contributed by atoms with Crippen molar-refractivity contribution in [1.29, 1.82) is 0 Å². The van der Waals surface area contributed by atoms with Gasteiger partial charge in [0, 0.05) is 24.3 Å². The highest BCUT2D eigenvalue weighted by Gasteiger charge is 2.26. The number of hydrogen-bond donors (Lipinski definition) is 1. The highest BCUT2D eigenvalue weighted by atomic mass is 16.2. The molecule has 2 amide bonds. The lowest BCUT2D eigenvalue weighted by molar-refractivity contribution is 0.100. The first-order chi connectivity index (χ1) is 11.7. The maximum Gasteiger partial charge on any atom is 0.324 e. The zero-order valence-electron chi connectivity index (χ0n) is 13.5. The number of ketones is 1. The molecule has 1 aliphatic heterocycles. The van der Waals surface area contributed by atoms with E-state index in [-0.39, 0.29) is 18.4 Å². The fraction of sp³-hybridized carbons (Fsp3) is 0.263. The molecule has 2 aromatic rings. The van der Waals surface area contributed by atoms with Crippen LogP contribution in [0.25, 0.3) is 0 Å². The number of likely N-dealkylation sites (tertiary alicyclic amines) is 1. The lowest BCUT2D eigenvalue weighted by atomic mass is 10.1. The standard InChI is InChI=1S/C19H21N3O2/c20-13-18(23)16-9-7-15(8-10-16)14-22(17-5-2-1-3-6-17)19(24)21-11-4-12-21/h1-3,5-10H,4,11-14,20H2. The summed E-state index contributed by atoms with van der Waals surface area (Å²) in [5, 5.41) is 0. The molecule has 0 saturated carbocycles. The molecule has 0 spiro atoms. The van der Waals surface area contributed by atoms with E-state index in [4.69, 9.17) is 5.73 Å². The first-order valence-corrected chi connectivity index (χ1v) is 8.13. The Hall–Kier alpha value is -2.66. The predicted molar refractivity (Wildman–Crippen MR) is 94.0 cm³/mol. The van der Waals surface area contributed by atoms with Gasteiger partial charge in [-0.25, -0.2) is 4.79 Å². The van der Waals surface area contributed by atoms with Crippen molar-refractivity contribution < 1.29 is 9.59 Å². The summed E-state index contributed by atoms with van der Waals surface area (Å²) in [5.74, 6) is -0.0851. The van der Waals surface area contributed by atoms with Crippen LogP contribution in [-0.4, -0.2) is 36.3 Å². The molecular formula is C19H21N3O2. The smallest absolute Gasteiger partial charge is 0.324 e. The molecule has 0 atom stereocenters. The maximum atomic E-state index is 12.7. The number of hydrogen-bond acceptors (Lipinski definition) is 3. The molecule has 1 heterocycles. The molecule has 2 aromatic carbocycles. The minimum atomic E-state index is -0.0851. The van der Waals surface area contributed by atoms with Gasteiger partial charge in [0.2, 0.25) is 0 Å². The van der Waals surface area contributed by atoms with Crippen LogP contribution in [0, 0.1) is 0 Å². The minimum Gasteiger partial charge on any atom is -0.324 e. The maximum absolute atomic E-state index is 12.7. The predicted octanol–water partition coefficient (Wildman–Crippen LogP) is 2.66. The molecule has 0 aromatic heterocycles. The summed E-state index contributed by atoms with van der Waals surface area (Å²) in [7, 11) is 0. The van der Waals surface area contributed by atoms with Gasteiger partial charge < -0.3 is 10.6 Å². The van der Waals surface area contributed by atoms with E-state index in [1.807, 2.05) is 47.4 Å². The second-order valence-corrected chi connectivity index (χ2v) is 5.87. The van der Waals surface area contributed by atoms with Crippen molar-refractivity contribution in [2.75, 3.05) is 24.5 Å². The van der Waals surface area contributed by atoms with Crippen molar-refractivity contribution in [2.45, 2.75) is 13.0 Å². The molecule has 1 aliphatic rings. The number of amides is 2. The molecule has 0 aliphatic carbocycles. The minimum absolute atomic E-state index is 0.00291. The van der Waals surface area contributed by atoms with Crippen LogP contribution in [0.4, 0.5) is 10.5 Å². The van der Waals surface area contributed by atoms with Crippen LogP contribution >= 0.6 is 0 Å². The Kier molecular flexibility index (Phi) is 4.91. The van der Waals surface area contributed by atoms with Crippen LogP contribution in [0.15, 0.2) is 54.6 Å². The third-order valence-corrected chi connectivity index (χ3v) is 4.23. The van der Waals surface area contributed by atoms with Crippen LogP contribution in [0.2, 0.25) is 0 Å². The van der Waals surface area contributed by atoms with Crippen molar-refractivity contribution in [2.24, 2.45) is 5.73 Å². The zero-order chi connectivity index (χ0) is 16.9. The van der Waals surface area contributed by atoms with E-state index in [1.54, 1.807) is 17.0 Å². The fourth-order valence-electron chi connectivity index (χ4n) is 2.65. The van der Waals surface area contributed by atoms with Crippen molar-refractivity contribution in [3.63, 3.8) is 0 Å². The van der Waals surface area contributed by atoms with Gasteiger partial charge in [0.25, 0.3) is 0 Å². The third kappa shape index (κ3) is 3.46. The Labute approximate surface area is 141 Å². The number of nitrogens with zero attached hydrogens (tertiary/aromatic N) is 2. The number of urea groups is 1. The summed E-state index contributed by atoms with van der Waals surface area (Å²) in [5.41, 5.74) is 7.83. The quantitative estimate of drug-likeness (QED) is 0.860. The molecule has 5 heteroatoms. The van der Waals surface area contributed by atoms with Gasteiger partial charge in [-0.3, -0.25) is 9.69 Å². The van der Waals surface area contributed by atoms with Gasteiger partial charge in [-0.2, -0.15) is 0 Å². The van der Waals surface area contributed by atoms with Crippen molar-refractivity contribution in [3.8, 4) is 0 Å². The summed E-state index contributed by atoms with van der Waals surface area (Å²) in [6, 6.07) is 17.0. The Morgan fingerprint density at radius 1 is 1.00 bits per heavy atom. The van der Waals surface area contributed by atoms with Crippen LogP contribution in [0.3, 0.4) is 0 Å². The first kappa shape index (κ1) is 16.2. The molecule has 0 bridgehead atoms. The number of carbonyl (C=O) groups is 2. The third-order valence-electron chi connectivity index (χ3n) is 4.23. The van der Waals surface area contributed by atoms with E-state index in [0.29, 0.717) is 12.1 Å². The molecule has 5 nitrogen and oxygen atoms in total. The van der Waals surface area contributed by atoms with Crippen LogP contribution in [0.1, 0.15) is 22.3 Å². The Morgan fingerprint density at radius 3 is 2.21 bits per heavy atom. The highest BCUT2D eigenvalue weighted by molar-refractivity contribution is 5.97. The molecule has 0 unspecified atom stereocenters. The van der Waals surface area contributed by atoms with Gasteiger partial charge in [-0.15, -0.1) is 0 Å². The van der Waals surface area contributed by atoms with E-state index in [1.165, 1.54) is 0 Å². The summed E-state index contributed by atoms with van der Waals surface area (Å²) in [6.07, 6.45) is 1.06. The molecule has 1 saturated heterocycles. The van der Waals surface area contributed by atoms with E-state index in [9.17, 15) is 9.59 Å². The van der Waals surface area contributed by atoms with E-state index in [0.717, 1.165) is 30.8 Å². The molecule has 24 heavy (non-hydrogen) atoms. The number of nitrogens with two attached hydrogens (primary N) is 1. The summed E-state index contributed by atoms with van der Waals surface area (Å²) >= 11 is 0. The Morgan fingerprint density at radius 2 is 1.67 bits per heavy atom. The molecule has 1 fully saturated rings. The van der Waals surface area contributed by atoms with Gasteiger partial charge in [0.1, 0.15) is 0 Å². The molecule has 0 radical (unpaired) electrons. The summed E-state index contributed by atoms with van der Waals surface area (Å²) in [4.78, 5) is 28.0. The average molecular weight is 323 g/mol. The Bertz CT molecular complexity index is 709. The zero-order valence-corrected chi connectivity index (χ0v) is 13.5. The summed E-state index contributed by atoms with van der Waals surface area (Å²) in [6.45, 7) is 2.09. The number of benzene rings is 2. The van der Waals surface area contributed by atoms with Crippen molar-refractivity contribution in [1.82, 2.24) is 4.90 Å². The second-order valence-electron chi connectivity index (χ2n) is 5.87. The van der Waals surface area contributed by atoms with Crippen molar-refractivity contribution in [3.05, 3.63) is 65.7 Å². The van der Waals surface area contributed by atoms with E-state index in [2.05, 4.69) is 0 Å². The lowest BCUT2D eigenvalue weighted by Crippen LogP contribution is -2.49. The molecular weight excluding hydrogens is 302 g/mol. The second kappa shape index (κ2) is 7.27. The highest BCUT2D eigenvalue weighted by Crippen LogP contribution is 2.21. The normalized spacial score (nSPS) is 13.3. The molecule has 3 rings (SSSR count). The topological polar surface area (TPSA) is 66.6 Å². The Balaban J connectivity index is 1.81. The number of carbonyl (C=O) groups excluding carboxylic acids is 2. The van der Waals surface area contributed by atoms with Crippen LogP contribution < -0.4 is 10.6 Å². The van der Waals surface area contributed by atoms with Crippen molar-refractivity contribution >= 4 is 17.5 Å². The number of rotatable bonds is 5. The van der Waals surface area contributed by atoms with Gasteiger partial charge in [-0.05, 0) is 24.1 Å². The number of para-hydroxylation sites is 1. The van der Waals surface area contributed by atoms with E-state index >= 15 is 0 Å². The monoisotopic (exact) mass is 323 g/mol. The largest absolute Gasteiger partial charge is 0.324 e. The van der Waals surface area contributed by atoms with Gasteiger partial charge in [-0.1, -0.05) is 42.5 Å². The summed E-state index contributed by atoms with van der Waals surface area (Å²) < 4.78 is 0. The lowest BCUT2D eigenvalue weighted by Gasteiger charge is -2.36. The van der Waals surface area contributed by atoms with Gasteiger partial charge in [0.05, 0.1) is 13.1 Å². The molecule has 124 valence electrons. The van der Waals surface area contributed by atoms with Crippen LogP contribution in [0.5, 0.6) is 0 Å². The fourth-order valence-corrected chi connectivity index (χ4v) is 2.65. The average Bonchev–Trinajstić information content (AvgIpc) is 2.58. The number of Topliss-reactive ketones (excluding diaryl/α,β-unsaturated/α-hetero) is 1. The van der Waals surface area contributed by atoms with Gasteiger partial charge in [0.15, 0.2) is 5.78 Å². The SMILES string of the molecule is NCC(=O)c1ccc(CN(C(=O)N2CCC2)c2ccccc2)cc1. The van der Waals surface area contributed by atoms with E-state index < -0.39 is 0 Å². The van der Waals surface area contributed by atoms with Gasteiger partial charge >= 0.3 is 6.03 Å². The number of anilines is 1. The molecule has 2 N–H and O–H groups in total. The first-order valence-electron chi connectivity index (χ1n) is 8.13. The van der Waals surface area contributed by atoms with Crippen LogP contribution in [-0.2, 0) is 6.54 Å².